The van der Waals surface area contributed by atoms with Gasteiger partial charge in [0, 0.05) is 12.1 Å². The molecule has 21 heavy (non-hydrogen) atoms. The molecule has 1 N–H and O–H groups in total. The lowest BCUT2D eigenvalue weighted by molar-refractivity contribution is -0.141. The molecule has 2 nitrogen and oxygen atoms in total. The molecule has 8 heteroatoms. The van der Waals surface area contributed by atoms with Crippen molar-refractivity contribution in [2.75, 3.05) is 0 Å². The van der Waals surface area contributed by atoms with Crippen LogP contribution in [0.2, 0.25) is 0 Å². The van der Waals surface area contributed by atoms with Crippen molar-refractivity contribution < 1.29 is 31.1 Å². The summed E-state index contributed by atoms with van der Waals surface area (Å²) in [6, 6.07) is -0.812. The maximum Gasteiger partial charge on any atom is 0.391 e. The number of hydrogen-bond acceptors (Lipinski definition) is 1. The van der Waals surface area contributed by atoms with Crippen LogP contribution in [0.4, 0.5) is 26.3 Å². The Kier molecular flexibility index (Phi) is 5.40. The zero-order valence-corrected chi connectivity index (χ0v) is 10.6. The second-order valence-corrected chi connectivity index (χ2v) is 4.29. The van der Waals surface area contributed by atoms with Crippen LogP contribution in [-0.2, 0) is 11.2 Å². The predicted octanol–water partition coefficient (Wildman–Crippen LogP) is 3.27. The van der Waals surface area contributed by atoms with Crippen LogP contribution in [0.25, 0.3) is 0 Å². The van der Waals surface area contributed by atoms with Crippen LogP contribution in [0.1, 0.15) is 12.0 Å². The summed E-state index contributed by atoms with van der Waals surface area (Å²) < 4.78 is 76.4. The Labute approximate surface area is 116 Å². The maximum absolute atomic E-state index is 13.4. The van der Waals surface area contributed by atoms with E-state index in [9.17, 15) is 31.1 Å². The predicted molar refractivity (Wildman–Crippen MR) is 62.8 cm³/mol. The zero-order chi connectivity index (χ0) is 16.2. The van der Waals surface area contributed by atoms with Crippen molar-refractivity contribution in [3.05, 3.63) is 47.8 Å². The van der Waals surface area contributed by atoms with E-state index >= 15 is 0 Å². The molecular weight excluding hydrogens is 300 g/mol. The van der Waals surface area contributed by atoms with Crippen LogP contribution in [0.15, 0.2) is 24.8 Å². The Morgan fingerprint density at radius 1 is 1.19 bits per heavy atom. The first kappa shape index (κ1) is 17.1. The second-order valence-electron chi connectivity index (χ2n) is 4.29. The lowest BCUT2D eigenvalue weighted by Crippen LogP contribution is -2.39. The van der Waals surface area contributed by atoms with Crippen molar-refractivity contribution >= 4 is 5.91 Å². The van der Waals surface area contributed by atoms with Gasteiger partial charge in [-0.25, -0.2) is 13.2 Å². The quantitative estimate of drug-likeness (QED) is 0.505. The highest BCUT2D eigenvalue weighted by molar-refractivity contribution is 5.87. The van der Waals surface area contributed by atoms with E-state index in [-0.39, 0.29) is 6.07 Å². The Hall–Kier alpha value is -1.99. The first-order chi connectivity index (χ1) is 9.62. The number of alkyl halides is 3. The highest BCUT2D eigenvalue weighted by Gasteiger charge is 2.33. The molecule has 0 aliphatic rings. The number of amides is 1. The van der Waals surface area contributed by atoms with Crippen molar-refractivity contribution in [2.45, 2.75) is 25.1 Å². The number of halogens is 6. The molecule has 0 radical (unpaired) electrons. The number of carbonyl (C=O) groups is 1. The fourth-order valence-corrected chi connectivity index (χ4v) is 1.70. The molecule has 0 fully saturated rings. The number of benzene rings is 1. The summed E-state index contributed by atoms with van der Waals surface area (Å²) >= 11 is 0. The molecule has 1 aromatic rings. The normalized spacial score (nSPS) is 12.9. The minimum atomic E-state index is -4.62. The molecule has 1 amide bonds. The van der Waals surface area contributed by atoms with Crippen molar-refractivity contribution in [3.63, 3.8) is 0 Å². The monoisotopic (exact) mass is 311 g/mol. The first-order valence-corrected chi connectivity index (χ1v) is 5.75. The van der Waals surface area contributed by atoms with E-state index in [0.717, 1.165) is 6.08 Å². The van der Waals surface area contributed by atoms with E-state index < -0.39 is 54.0 Å². The van der Waals surface area contributed by atoms with Gasteiger partial charge in [-0.15, -0.1) is 0 Å². The van der Waals surface area contributed by atoms with E-state index in [4.69, 9.17) is 0 Å². The van der Waals surface area contributed by atoms with E-state index in [2.05, 4.69) is 6.58 Å². The zero-order valence-electron chi connectivity index (χ0n) is 10.6. The van der Waals surface area contributed by atoms with Gasteiger partial charge in [-0.2, -0.15) is 13.2 Å². The van der Waals surface area contributed by atoms with Gasteiger partial charge >= 0.3 is 6.18 Å². The Balaban J connectivity index is 2.97. The van der Waals surface area contributed by atoms with Crippen LogP contribution in [0.5, 0.6) is 0 Å². The van der Waals surface area contributed by atoms with Gasteiger partial charge in [-0.3, -0.25) is 4.79 Å². The van der Waals surface area contributed by atoms with Gasteiger partial charge in [0.25, 0.3) is 0 Å². The average molecular weight is 311 g/mol. The van der Waals surface area contributed by atoms with Crippen molar-refractivity contribution in [2.24, 2.45) is 0 Å². The van der Waals surface area contributed by atoms with Gasteiger partial charge in [0.2, 0.25) is 5.91 Å². The highest BCUT2D eigenvalue weighted by Crippen LogP contribution is 2.24. The maximum atomic E-state index is 13.4. The van der Waals surface area contributed by atoms with E-state index in [1.165, 1.54) is 0 Å². The molecular formula is C13H11F6NO. The van der Waals surface area contributed by atoms with Crippen LogP contribution in [0.3, 0.4) is 0 Å². The highest BCUT2D eigenvalue weighted by atomic mass is 19.4. The summed E-state index contributed by atoms with van der Waals surface area (Å²) in [6.07, 6.45) is -5.94. The standard InChI is InChI=1S/C13H11F6NO/c1-2-12(21)20-8(6-13(17,18)19)3-7-4-10(15)11(16)5-9(7)14/h2,4-5,8H,1,3,6H2,(H,20,21)/t8-/m1/s1. The minimum Gasteiger partial charge on any atom is -0.349 e. The van der Waals surface area contributed by atoms with Crippen LogP contribution in [-0.4, -0.2) is 18.1 Å². The first-order valence-electron chi connectivity index (χ1n) is 5.75. The van der Waals surface area contributed by atoms with Gasteiger partial charge in [-0.1, -0.05) is 6.58 Å². The molecule has 0 aliphatic carbocycles. The average Bonchev–Trinajstić information content (AvgIpc) is 2.33. The van der Waals surface area contributed by atoms with Crippen LogP contribution < -0.4 is 5.32 Å². The molecule has 0 spiro atoms. The van der Waals surface area contributed by atoms with Crippen molar-refractivity contribution in [1.29, 1.82) is 0 Å². The molecule has 0 aliphatic heterocycles. The lowest BCUT2D eigenvalue weighted by atomic mass is 10.0. The van der Waals surface area contributed by atoms with Crippen molar-refractivity contribution in [3.8, 4) is 0 Å². The molecule has 0 bridgehead atoms. The fraction of sp³-hybridized carbons (Fsp3) is 0.308. The smallest absolute Gasteiger partial charge is 0.349 e. The molecule has 1 aromatic carbocycles. The largest absolute Gasteiger partial charge is 0.391 e. The van der Waals surface area contributed by atoms with E-state index in [0.29, 0.717) is 6.07 Å². The molecule has 0 heterocycles. The Bertz CT molecular complexity index is 540. The van der Waals surface area contributed by atoms with Gasteiger partial charge in [0.05, 0.1) is 6.42 Å². The van der Waals surface area contributed by atoms with Gasteiger partial charge in [-0.05, 0) is 24.1 Å². The summed E-state index contributed by atoms with van der Waals surface area (Å²) in [6.45, 7) is 3.08. The summed E-state index contributed by atoms with van der Waals surface area (Å²) in [5, 5.41) is 1.97. The molecule has 0 saturated heterocycles. The third-order valence-electron chi connectivity index (χ3n) is 2.57. The number of carbonyl (C=O) groups excluding carboxylic acids is 1. The number of nitrogens with one attached hydrogen (secondary N) is 1. The fourth-order valence-electron chi connectivity index (χ4n) is 1.70. The third-order valence-corrected chi connectivity index (χ3v) is 2.57. The van der Waals surface area contributed by atoms with Gasteiger partial charge < -0.3 is 5.32 Å². The molecule has 1 atom stereocenters. The molecule has 116 valence electrons. The second kappa shape index (κ2) is 6.64. The Morgan fingerprint density at radius 2 is 1.76 bits per heavy atom. The Morgan fingerprint density at radius 3 is 2.29 bits per heavy atom. The summed E-state index contributed by atoms with van der Waals surface area (Å²) in [5.74, 6) is -4.90. The summed E-state index contributed by atoms with van der Waals surface area (Å²) in [4.78, 5) is 11.1. The van der Waals surface area contributed by atoms with Crippen molar-refractivity contribution in [1.82, 2.24) is 5.32 Å². The minimum absolute atomic E-state index is 0.241. The molecule has 0 unspecified atom stereocenters. The van der Waals surface area contributed by atoms with Gasteiger partial charge in [0.1, 0.15) is 5.82 Å². The van der Waals surface area contributed by atoms with Gasteiger partial charge in [0.15, 0.2) is 11.6 Å². The van der Waals surface area contributed by atoms with Crippen LogP contribution in [0, 0.1) is 17.5 Å². The van der Waals surface area contributed by atoms with E-state index in [1.54, 1.807) is 0 Å². The van der Waals surface area contributed by atoms with E-state index in [1.807, 2.05) is 5.32 Å². The number of hydrogen-bond donors (Lipinski definition) is 1. The molecule has 1 rings (SSSR count). The summed E-state index contributed by atoms with van der Waals surface area (Å²) in [7, 11) is 0. The SMILES string of the molecule is C=CC(=O)N[C@H](Cc1cc(F)c(F)cc1F)CC(F)(F)F. The lowest BCUT2D eigenvalue weighted by Gasteiger charge is -2.20. The summed E-state index contributed by atoms with van der Waals surface area (Å²) in [5.41, 5.74) is -0.465. The van der Waals surface area contributed by atoms with Crippen LogP contribution >= 0.6 is 0 Å². The number of rotatable bonds is 5. The molecule has 0 aromatic heterocycles. The third kappa shape index (κ3) is 5.49. The molecule has 0 saturated carbocycles. The topological polar surface area (TPSA) is 29.1 Å².